The van der Waals surface area contributed by atoms with E-state index in [2.05, 4.69) is 0 Å². The second-order valence-electron chi connectivity index (χ2n) is 10.7. The summed E-state index contributed by atoms with van der Waals surface area (Å²) >= 11 is 0. The van der Waals surface area contributed by atoms with Crippen LogP contribution in [0.25, 0.3) is 0 Å². The first-order chi connectivity index (χ1) is 19.7. The fourth-order valence-electron chi connectivity index (χ4n) is 5.26. The molecule has 0 aromatic heterocycles. The van der Waals surface area contributed by atoms with Crippen LogP contribution < -0.4 is 4.74 Å². The lowest BCUT2D eigenvalue weighted by molar-refractivity contribution is 0.0372. The molecule has 3 N–H and O–H groups in total. The third-order valence-corrected chi connectivity index (χ3v) is 9.45. The van der Waals surface area contributed by atoms with Gasteiger partial charge in [-0.25, -0.2) is 13.2 Å². The molecular formula is C29H40N2O9S. The van der Waals surface area contributed by atoms with Crippen molar-refractivity contribution in [1.82, 2.24) is 9.21 Å². The minimum Gasteiger partial charge on any atom is -0.504 e. The highest BCUT2D eigenvalue weighted by Crippen LogP contribution is 2.29. The van der Waals surface area contributed by atoms with Gasteiger partial charge in [-0.1, -0.05) is 18.9 Å². The fraction of sp³-hybridized carbons (Fsp3) is 0.552. The van der Waals surface area contributed by atoms with E-state index < -0.39 is 28.3 Å². The van der Waals surface area contributed by atoms with Gasteiger partial charge in [0.2, 0.25) is 10.0 Å². The van der Waals surface area contributed by atoms with E-state index in [9.17, 15) is 28.5 Å². The molecular weight excluding hydrogens is 552 g/mol. The summed E-state index contributed by atoms with van der Waals surface area (Å²) in [7, 11) is -2.43. The van der Waals surface area contributed by atoms with Crippen molar-refractivity contribution < 1.29 is 42.7 Å². The Labute approximate surface area is 241 Å². The van der Waals surface area contributed by atoms with Crippen LogP contribution in [0.5, 0.6) is 17.2 Å². The zero-order valence-corrected chi connectivity index (χ0v) is 24.2. The number of methoxy groups -OCH3 is 1. The van der Waals surface area contributed by atoms with E-state index in [4.69, 9.17) is 14.2 Å². The first kappa shape index (κ1) is 30.9. The highest BCUT2D eigenvalue weighted by molar-refractivity contribution is 7.89. The third kappa shape index (κ3) is 8.48. The van der Waals surface area contributed by atoms with Gasteiger partial charge in [-0.2, -0.15) is 4.31 Å². The molecule has 2 aromatic rings. The maximum absolute atomic E-state index is 13.7. The van der Waals surface area contributed by atoms with Crippen LogP contribution in [0.15, 0.2) is 47.4 Å². The standard InChI is InChI=1S/C29H40N2O9S/c1-38-24-7-9-26(10-8-24)41(36,37)31(17-22-4-2-3-5-22)19-23(32)18-30(29(35)40-25-13-15-39-20-25)14-12-21-6-11-27(33)28(34)16-21/h6-11,16,22-23,25,32-34H,2-5,12-15,17-20H2,1H3/t23-,25-/m0/s1. The highest BCUT2D eigenvalue weighted by atomic mass is 32.2. The quantitative estimate of drug-likeness (QED) is 0.299. The fourth-order valence-corrected chi connectivity index (χ4v) is 6.82. The summed E-state index contributed by atoms with van der Waals surface area (Å²) in [5.41, 5.74) is 0.668. The molecule has 0 unspecified atom stereocenters. The summed E-state index contributed by atoms with van der Waals surface area (Å²) in [6.07, 6.45) is 2.60. The van der Waals surface area contributed by atoms with Gasteiger partial charge in [0.1, 0.15) is 11.9 Å². The number of carbonyl (C=O) groups excluding carboxylic acids is 1. The molecule has 1 saturated heterocycles. The molecule has 2 aliphatic rings. The first-order valence-corrected chi connectivity index (χ1v) is 15.5. The predicted molar refractivity (Wildman–Crippen MR) is 150 cm³/mol. The van der Waals surface area contributed by atoms with Gasteiger partial charge in [0.05, 0.1) is 37.9 Å². The normalized spacial score (nSPS) is 18.5. The van der Waals surface area contributed by atoms with E-state index in [1.165, 1.54) is 40.6 Å². The van der Waals surface area contributed by atoms with Gasteiger partial charge in [0, 0.05) is 26.1 Å². The monoisotopic (exact) mass is 592 g/mol. The van der Waals surface area contributed by atoms with Crippen LogP contribution >= 0.6 is 0 Å². The largest absolute Gasteiger partial charge is 0.504 e. The van der Waals surface area contributed by atoms with Crippen molar-refractivity contribution in [3.63, 3.8) is 0 Å². The average molecular weight is 593 g/mol. The molecule has 4 rings (SSSR count). The zero-order chi connectivity index (χ0) is 29.4. The van der Waals surface area contributed by atoms with E-state index in [0.717, 1.165) is 25.7 Å². The van der Waals surface area contributed by atoms with Gasteiger partial charge in [0.25, 0.3) is 0 Å². The van der Waals surface area contributed by atoms with Gasteiger partial charge in [-0.05, 0) is 67.1 Å². The molecule has 226 valence electrons. The zero-order valence-electron chi connectivity index (χ0n) is 23.4. The number of nitrogens with zero attached hydrogens (tertiary/aromatic N) is 2. The molecule has 1 saturated carbocycles. The summed E-state index contributed by atoms with van der Waals surface area (Å²) in [5.74, 6) is 0.212. The van der Waals surface area contributed by atoms with Gasteiger partial charge < -0.3 is 34.4 Å². The number of ether oxygens (including phenoxy) is 3. The van der Waals surface area contributed by atoms with Crippen molar-refractivity contribution in [2.45, 2.75) is 55.6 Å². The number of hydrogen-bond donors (Lipinski definition) is 3. The topological polar surface area (TPSA) is 146 Å². The summed E-state index contributed by atoms with van der Waals surface area (Å²) in [6.45, 7) is 0.858. The number of rotatable bonds is 13. The van der Waals surface area contributed by atoms with Crippen LogP contribution in [0, 0.1) is 5.92 Å². The molecule has 1 aliphatic carbocycles. The summed E-state index contributed by atoms with van der Waals surface area (Å²) in [6, 6.07) is 10.6. The Hall–Kier alpha value is -3.06. The number of benzene rings is 2. The molecule has 0 bridgehead atoms. The first-order valence-electron chi connectivity index (χ1n) is 14.0. The number of aromatic hydroxyl groups is 2. The number of aliphatic hydroxyl groups excluding tert-OH is 1. The van der Waals surface area contributed by atoms with Gasteiger partial charge >= 0.3 is 6.09 Å². The second kappa shape index (κ2) is 14.2. The Balaban J connectivity index is 1.49. The van der Waals surface area contributed by atoms with Crippen LogP contribution in [0.3, 0.4) is 0 Å². The van der Waals surface area contributed by atoms with Crippen molar-refractivity contribution in [2.24, 2.45) is 5.92 Å². The van der Waals surface area contributed by atoms with Crippen molar-refractivity contribution in [1.29, 1.82) is 0 Å². The van der Waals surface area contributed by atoms with Crippen LogP contribution in [-0.4, -0.2) is 97.7 Å². The minimum absolute atomic E-state index is 0.105. The second-order valence-corrected chi connectivity index (χ2v) is 12.6. The Kier molecular flexibility index (Phi) is 10.7. The van der Waals surface area contributed by atoms with Crippen LogP contribution in [0.1, 0.15) is 37.7 Å². The molecule has 2 atom stereocenters. The van der Waals surface area contributed by atoms with Crippen molar-refractivity contribution >= 4 is 16.1 Å². The summed E-state index contributed by atoms with van der Waals surface area (Å²) in [5, 5.41) is 30.6. The van der Waals surface area contributed by atoms with Crippen LogP contribution in [0.2, 0.25) is 0 Å². The maximum Gasteiger partial charge on any atom is 0.410 e. The lowest BCUT2D eigenvalue weighted by atomic mass is 10.1. The summed E-state index contributed by atoms with van der Waals surface area (Å²) < 4.78 is 44.8. The molecule has 41 heavy (non-hydrogen) atoms. The maximum atomic E-state index is 13.7. The van der Waals surface area contributed by atoms with Gasteiger partial charge in [-0.3, -0.25) is 0 Å². The average Bonchev–Trinajstić information content (AvgIpc) is 3.67. The third-order valence-electron chi connectivity index (χ3n) is 7.60. The molecule has 12 heteroatoms. The number of carbonyl (C=O) groups is 1. The SMILES string of the molecule is COc1ccc(S(=O)(=O)N(CC2CCCC2)C[C@@H](O)CN(CCc2ccc(O)c(O)c2)C(=O)O[C@H]2CCOC2)cc1. The summed E-state index contributed by atoms with van der Waals surface area (Å²) in [4.78, 5) is 14.6. The minimum atomic E-state index is -3.93. The molecule has 1 heterocycles. The highest BCUT2D eigenvalue weighted by Gasteiger charge is 2.32. The smallest absolute Gasteiger partial charge is 0.410 e. The van der Waals surface area contributed by atoms with E-state index in [1.807, 2.05) is 0 Å². The Bertz CT molecular complexity index is 1240. The Morgan fingerprint density at radius 3 is 2.41 bits per heavy atom. The number of sulfonamides is 1. The van der Waals surface area contributed by atoms with Crippen LogP contribution in [-0.2, 0) is 25.9 Å². The molecule has 1 amide bonds. The Morgan fingerprint density at radius 2 is 1.78 bits per heavy atom. The predicted octanol–water partition coefficient (Wildman–Crippen LogP) is 3.12. The Morgan fingerprint density at radius 1 is 1.05 bits per heavy atom. The number of amides is 1. The van der Waals surface area contributed by atoms with E-state index >= 15 is 0 Å². The molecule has 0 radical (unpaired) electrons. The van der Waals surface area contributed by atoms with Crippen molar-refractivity contribution in [3.8, 4) is 17.2 Å². The number of phenols is 2. The molecule has 0 spiro atoms. The van der Waals surface area contributed by atoms with Crippen molar-refractivity contribution in [2.75, 3.05) is 46.5 Å². The van der Waals surface area contributed by atoms with Gasteiger partial charge in [0.15, 0.2) is 11.5 Å². The lowest BCUT2D eigenvalue weighted by Crippen LogP contribution is -2.46. The number of phenolic OH excluding ortho intramolecular Hbond substituents is 2. The lowest BCUT2D eigenvalue weighted by Gasteiger charge is -2.30. The number of aliphatic hydroxyl groups is 1. The molecule has 2 aromatic carbocycles. The van der Waals surface area contributed by atoms with Gasteiger partial charge in [-0.15, -0.1) is 0 Å². The molecule has 1 aliphatic heterocycles. The van der Waals surface area contributed by atoms with E-state index in [0.29, 0.717) is 37.4 Å². The number of hydrogen-bond acceptors (Lipinski definition) is 9. The van der Waals surface area contributed by atoms with E-state index in [-0.39, 0.29) is 48.5 Å². The van der Waals surface area contributed by atoms with Crippen molar-refractivity contribution in [3.05, 3.63) is 48.0 Å². The van der Waals surface area contributed by atoms with E-state index in [1.54, 1.807) is 18.2 Å². The van der Waals surface area contributed by atoms with Crippen LogP contribution in [0.4, 0.5) is 4.79 Å². The molecule has 11 nitrogen and oxygen atoms in total. The molecule has 2 fully saturated rings.